The molecule has 1 heterocycles. The molecule has 1 aromatic carbocycles. The monoisotopic (exact) mass is 220 g/mol. The molecule has 2 rings (SSSR count). The van der Waals surface area contributed by atoms with Crippen LogP contribution in [0.3, 0.4) is 0 Å². The first kappa shape index (κ1) is 11.0. The van der Waals surface area contributed by atoms with E-state index < -0.39 is 5.97 Å². The first-order valence-corrected chi connectivity index (χ1v) is 5.64. The minimum Gasteiger partial charge on any atom is -0.493 e. The fourth-order valence-corrected chi connectivity index (χ4v) is 2.25. The number of para-hydroxylation sites is 1. The van der Waals surface area contributed by atoms with Crippen molar-refractivity contribution in [3.8, 4) is 5.75 Å². The Bertz CT molecular complexity index is 387. The molecule has 86 valence electrons. The molecule has 1 aromatic rings. The van der Waals surface area contributed by atoms with E-state index >= 15 is 0 Å². The predicted molar refractivity (Wildman–Crippen MR) is 60.7 cm³/mol. The van der Waals surface area contributed by atoms with Gasteiger partial charge in [0, 0.05) is 5.92 Å². The Morgan fingerprint density at radius 3 is 3.00 bits per heavy atom. The van der Waals surface area contributed by atoms with E-state index in [0.29, 0.717) is 6.61 Å². The van der Waals surface area contributed by atoms with Gasteiger partial charge in [-0.3, -0.25) is 4.79 Å². The second kappa shape index (κ2) is 4.56. The summed E-state index contributed by atoms with van der Waals surface area (Å²) >= 11 is 0. The normalized spacial score (nSPS) is 21.4. The van der Waals surface area contributed by atoms with E-state index in [0.717, 1.165) is 24.2 Å². The highest BCUT2D eigenvalue weighted by atomic mass is 16.5. The van der Waals surface area contributed by atoms with E-state index in [9.17, 15) is 4.79 Å². The van der Waals surface area contributed by atoms with E-state index in [-0.39, 0.29) is 11.8 Å². The van der Waals surface area contributed by atoms with Crippen LogP contribution in [-0.2, 0) is 4.79 Å². The van der Waals surface area contributed by atoms with Crippen LogP contribution >= 0.6 is 0 Å². The average Bonchev–Trinajstić information content (AvgIpc) is 2.50. The van der Waals surface area contributed by atoms with Crippen LogP contribution in [0.15, 0.2) is 24.3 Å². The molecule has 0 amide bonds. The molecule has 0 spiro atoms. The number of rotatable bonds is 2. The zero-order valence-corrected chi connectivity index (χ0v) is 9.35. The van der Waals surface area contributed by atoms with Crippen LogP contribution in [0.25, 0.3) is 0 Å². The lowest BCUT2D eigenvalue weighted by molar-refractivity contribution is -0.141. The largest absolute Gasteiger partial charge is 0.493 e. The number of hydrogen-bond donors (Lipinski definition) is 1. The van der Waals surface area contributed by atoms with Crippen LogP contribution in [0.2, 0.25) is 0 Å². The third kappa shape index (κ3) is 2.03. The number of carboxylic acids is 1. The first-order chi connectivity index (χ1) is 7.70. The smallest absolute Gasteiger partial charge is 0.306 e. The van der Waals surface area contributed by atoms with Crippen LogP contribution in [0.4, 0.5) is 0 Å². The van der Waals surface area contributed by atoms with Crippen molar-refractivity contribution in [3.05, 3.63) is 29.8 Å². The van der Waals surface area contributed by atoms with Crippen molar-refractivity contribution in [1.29, 1.82) is 0 Å². The molecule has 0 aliphatic carbocycles. The van der Waals surface area contributed by atoms with Crippen LogP contribution < -0.4 is 4.74 Å². The number of carboxylic acid groups (broad SMARTS) is 1. The van der Waals surface area contributed by atoms with Gasteiger partial charge in [0.15, 0.2) is 0 Å². The maximum atomic E-state index is 11.1. The van der Waals surface area contributed by atoms with E-state index in [1.807, 2.05) is 24.3 Å². The van der Waals surface area contributed by atoms with Crippen LogP contribution in [0.1, 0.15) is 31.2 Å². The number of benzene rings is 1. The van der Waals surface area contributed by atoms with Gasteiger partial charge in [-0.15, -0.1) is 0 Å². The van der Waals surface area contributed by atoms with Crippen molar-refractivity contribution in [2.75, 3.05) is 6.61 Å². The van der Waals surface area contributed by atoms with Gasteiger partial charge in [0.1, 0.15) is 5.75 Å². The van der Waals surface area contributed by atoms with Gasteiger partial charge < -0.3 is 9.84 Å². The highest BCUT2D eigenvalue weighted by molar-refractivity contribution is 5.71. The third-order valence-electron chi connectivity index (χ3n) is 3.23. The second-order valence-electron chi connectivity index (χ2n) is 4.26. The standard InChI is InChI=1S/C13H16O3/c1-9(13(14)15)10-6-4-8-16-12-7-3-2-5-11(10)12/h2-3,5,7,9-10H,4,6,8H2,1H3,(H,14,15). The molecule has 0 fully saturated rings. The summed E-state index contributed by atoms with van der Waals surface area (Å²) in [7, 11) is 0. The first-order valence-electron chi connectivity index (χ1n) is 5.64. The maximum Gasteiger partial charge on any atom is 0.306 e. The number of ether oxygens (including phenoxy) is 1. The van der Waals surface area contributed by atoms with E-state index in [2.05, 4.69) is 0 Å². The number of aliphatic carboxylic acids is 1. The van der Waals surface area contributed by atoms with Crippen molar-refractivity contribution in [1.82, 2.24) is 0 Å². The van der Waals surface area contributed by atoms with Crippen molar-refractivity contribution in [2.24, 2.45) is 5.92 Å². The van der Waals surface area contributed by atoms with Gasteiger partial charge in [-0.25, -0.2) is 0 Å². The van der Waals surface area contributed by atoms with Crippen molar-refractivity contribution in [2.45, 2.75) is 25.7 Å². The zero-order valence-electron chi connectivity index (χ0n) is 9.35. The molecule has 16 heavy (non-hydrogen) atoms. The van der Waals surface area contributed by atoms with Crippen LogP contribution in [-0.4, -0.2) is 17.7 Å². The minimum atomic E-state index is -0.735. The number of fused-ring (bicyclic) bond motifs is 1. The summed E-state index contributed by atoms with van der Waals surface area (Å²) in [4.78, 5) is 11.1. The molecule has 3 nitrogen and oxygen atoms in total. The molecule has 2 atom stereocenters. The topological polar surface area (TPSA) is 46.5 Å². The fourth-order valence-electron chi connectivity index (χ4n) is 2.25. The summed E-state index contributed by atoms with van der Waals surface area (Å²) in [5, 5.41) is 9.11. The Hall–Kier alpha value is -1.51. The lowest BCUT2D eigenvalue weighted by atomic mass is 9.84. The molecule has 1 aliphatic rings. The molecule has 0 saturated carbocycles. The SMILES string of the molecule is CC(C(=O)O)C1CCCOc2ccccc21. The summed E-state index contributed by atoms with van der Waals surface area (Å²) in [6.45, 7) is 2.45. The van der Waals surface area contributed by atoms with Gasteiger partial charge in [0.2, 0.25) is 0 Å². The number of carbonyl (C=O) groups is 1. The summed E-state index contributed by atoms with van der Waals surface area (Å²) in [6, 6.07) is 7.76. The molecule has 0 radical (unpaired) electrons. The Morgan fingerprint density at radius 2 is 2.25 bits per heavy atom. The fraction of sp³-hybridized carbons (Fsp3) is 0.462. The lowest BCUT2D eigenvalue weighted by Crippen LogP contribution is -2.18. The summed E-state index contributed by atoms with van der Waals surface area (Å²) in [6.07, 6.45) is 1.79. The zero-order chi connectivity index (χ0) is 11.5. The summed E-state index contributed by atoms with van der Waals surface area (Å²) in [5.41, 5.74) is 1.04. The van der Waals surface area contributed by atoms with Crippen LogP contribution in [0, 0.1) is 5.92 Å². The van der Waals surface area contributed by atoms with Gasteiger partial charge >= 0.3 is 5.97 Å². The number of hydrogen-bond acceptors (Lipinski definition) is 2. The molecule has 0 aromatic heterocycles. The summed E-state index contributed by atoms with van der Waals surface area (Å²) in [5.74, 6) is -0.182. The molecule has 1 aliphatic heterocycles. The van der Waals surface area contributed by atoms with Crippen molar-refractivity contribution < 1.29 is 14.6 Å². The molecule has 3 heteroatoms. The summed E-state index contributed by atoms with van der Waals surface area (Å²) < 4.78 is 5.62. The minimum absolute atomic E-state index is 0.0659. The Kier molecular flexibility index (Phi) is 3.13. The van der Waals surface area contributed by atoms with Gasteiger partial charge in [-0.2, -0.15) is 0 Å². The highest BCUT2D eigenvalue weighted by Crippen LogP contribution is 2.37. The Balaban J connectivity index is 2.36. The average molecular weight is 220 g/mol. The van der Waals surface area contributed by atoms with E-state index in [1.54, 1.807) is 6.92 Å². The Labute approximate surface area is 95.0 Å². The van der Waals surface area contributed by atoms with E-state index in [1.165, 1.54) is 0 Å². The molecule has 1 N–H and O–H groups in total. The molecular formula is C13H16O3. The van der Waals surface area contributed by atoms with Gasteiger partial charge in [-0.1, -0.05) is 25.1 Å². The third-order valence-corrected chi connectivity index (χ3v) is 3.23. The van der Waals surface area contributed by atoms with Gasteiger partial charge in [0.25, 0.3) is 0 Å². The van der Waals surface area contributed by atoms with Crippen molar-refractivity contribution in [3.63, 3.8) is 0 Å². The Morgan fingerprint density at radius 1 is 1.50 bits per heavy atom. The quantitative estimate of drug-likeness (QED) is 0.833. The van der Waals surface area contributed by atoms with Crippen molar-refractivity contribution >= 4 is 5.97 Å². The molecule has 0 saturated heterocycles. The molecular weight excluding hydrogens is 204 g/mol. The molecule has 2 unspecified atom stereocenters. The maximum absolute atomic E-state index is 11.1. The van der Waals surface area contributed by atoms with Crippen LogP contribution in [0.5, 0.6) is 5.75 Å². The highest BCUT2D eigenvalue weighted by Gasteiger charge is 2.28. The predicted octanol–water partition coefficient (Wildman–Crippen LogP) is 2.66. The van der Waals surface area contributed by atoms with E-state index in [4.69, 9.17) is 9.84 Å². The van der Waals surface area contributed by atoms with Gasteiger partial charge in [-0.05, 0) is 24.5 Å². The molecule has 0 bridgehead atoms. The second-order valence-corrected chi connectivity index (χ2v) is 4.26. The lowest BCUT2D eigenvalue weighted by Gasteiger charge is -2.20. The van der Waals surface area contributed by atoms with Gasteiger partial charge in [0.05, 0.1) is 12.5 Å².